The predicted molar refractivity (Wildman–Crippen MR) is 89.9 cm³/mol. The second-order valence-corrected chi connectivity index (χ2v) is 6.25. The summed E-state index contributed by atoms with van der Waals surface area (Å²) >= 11 is 0.300. The molecule has 0 aromatic rings. The Balaban J connectivity index is 0.000000360. The van der Waals surface area contributed by atoms with Gasteiger partial charge in [0, 0.05) is 0 Å². The number of hydrogen-bond acceptors (Lipinski definition) is 1. The van der Waals surface area contributed by atoms with E-state index in [0.29, 0.717) is 24.7 Å². The molecule has 10 radical (unpaired) electrons. The van der Waals surface area contributed by atoms with Crippen molar-refractivity contribution in [2.75, 3.05) is 0 Å². The van der Waals surface area contributed by atoms with Crippen LogP contribution in [0.5, 0.6) is 0 Å². The van der Waals surface area contributed by atoms with E-state index >= 15 is 0 Å². The average molecular weight is 378 g/mol. The Labute approximate surface area is 155 Å². The van der Waals surface area contributed by atoms with Crippen LogP contribution in [0.1, 0.15) is 69.2 Å². The summed E-state index contributed by atoms with van der Waals surface area (Å²) in [5.41, 5.74) is 0. The Morgan fingerprint density at radius 2 is 0.364 bits per heavy atom. The van der Waals surface area contributed by atoms with Crippen LogP contribution >= 0.6 is 0 Å². The minimum atomic E-state index is 0.300. The van der Waals surface area contributed by atoms with Crippen molar-refractivity contribution in [3.05, 3.63) is 59.2 Å². The van der Waals surface area contributed by atoms with Gasteiger partial charge in [0.05, 0.1) is 0 Å². The Bertz CT molecular complexity index is 199. The van der Waals surface area contributed by atoms with Gasteiger partial charge in [-0.1, -0.05) is 69.2 Å². The molecule has 2 heteroatoms. The molecule has 0 aromatic heterocycles. The van der Waals surface area contributed by atoms with Gasteiger partial charge >= 0.3 is 27.5 Å². The van der Waals surface area contributed by atoms with Crippen LogP contribution in [0.25, 0.3) is 0 Å². The number of rotatable bonds is 0. The van der Waals surface area contributed by atoms with Gasteiger partial charge in [-0.15, -0.1) is 0 Å². The van der Waals surface area contributed by atoms with Gasteiger partial charge in [-0.05, 0) is 59.2 Å². The van der Waals surface area contributed by atoms with Gasteiger partial charge in [-0.2, -0.15) is 0 Å². The Morgan fingerprint density at radius 1 is 0.318 bits per heavy atom. The quantitative estimate of drug-likeness (QED) is 0.519. The molecular weight excluding hydrogens is 347 g/mol. The van der Waals surface area contributed by atoms with Crippen molar-refractivity contribution in [1.82, 2.24) is 0 Å². The van der Waals surface area contributed by atoms with E-state index < -0.39 is 0 Å². The van der Waals surface area contributed by atoms with E-state index in [9.17, 15) is 0 Å². The summed E-state index contributed by atoms with van der Waals surface area (Å²) < 4.78 is 8.34. The molecule has 0 atom stereocenters. The normalized spacial score (nSPS) is 26.0. The van der Waals surface area contributed by atoms with Gasteiger partial charge in [0.15, 0.2) is 0 Å². The van der Waals surface area contributed by atoms with E-state index in [1.807, 2.05) is 0 Å². The second kappa shape index (κ2) is 9.85. The molecule has 0 aliphatic heterocycles. The fourth-order valence-electron chi connectivity index (χ4n) is 2.81. The molecular formula is C20H30OZr. The van der Waals surface area contributed by atoms with Crippen LogP contribution in [0.4, 0.5) is 0 Å². The molecule has 22 heavy (non-hydrogen) atoms. The zero-order valence-corrected chi connectivity index (χ0v) is 18.4. The second-order valence-electron chi connectivity index (χ2n) is 6.25. The average Bonchev–Trinajstić information content (AvgIpc) is 2.81. The summed E-state index contributed by atoms with van der Waals surface area (Å²) in [6.07, 6.45) is 0. The van der Waals surface area contributed by atoms with Gasteiger partial charge in [0.1, 0.15) is 0 Å². The van der Waals surface area contributed by atoms with E-state index in [1.54, 1.807) is 0 Å². The first kappa shape index (κ1) is 22.7. The zero-order valence-electron chi connectivity index (χ0n) is 15.9. The summed E-state index contributed by atoms with van der Waals surface area (Å²) in [5.74, 6) is 14.7. The van der Waals surface area contributed by atoms with Crippen molar-refractivity contribution < 1.29 is 27.5 Å². The Kier molecular flexibility index (Phi) is 10.2. The van der Waals surface area contributed by atoms with Gasteiger partial charge < -0.3 is 0 Å². The molecule has 120 valence electrons. The Morgan fingerprint density at radius 3 is 0.409 bits per heavy atom. The molecule has 0 unspecified atom stereocenters. The van der Waals surface area contributed by atoms with Crippen LogP contribution in [-0.2, 0) is 27.5 Å². The summed E-state index contributed by atoms with van der Waals surface area (Å²) in [4.78, 5) is 0. The van der Waals surface area contributed by atoms with Crippen LogP contribution in [0, 0.1) is 59.2 Å². The molecule has 1 nitrogen and oxygen atoms in total. The monoisotopic (exact) mass is 376 g/mol. The standard InChI is InChI=1S/2C10H15.O.Zr/c2*1-6-7(2)9(4)10(5)8(6)3;;/h2*1-5H3;;. The van der Waals surface area contributed by atoms with Gasteiger partial charge in [-0.25, -0.2) is 0 Å². The molecule has 2 saturated carbocycles. The molecule has 2 aliphatic carbocycles. The summed E-state index contributed by atoms with van der Waals surface area (Å²) in [7, 11) is 0. The molecule has 0 saturated heterocycles. The fraction of sp³-hybridized carbons (Fsp3) is 0.500. The molecule has 0 N–H and O–H groups in total. The fourth-order valence-corrected chi connectivity index (χ4v) is 2.81. The maximum atomic E-state index is 8.34. The summed E-state index contributed by atoms with van der Waals surface area (Å²) in [6.45, 7) is 22.0. The van der Waals surface area contributed by atoms with Crippen LogP contribution < -0.4 is 0 Å². The molecule has 0 amide bonds. The third-order valence-corrected chi connectivity index (χ3v) is 5.62. The van der Waals surface area contributed by atoms with E-state index in [1.165, 1.54) is 59.2 Å². The molecule has 2 aliphatic rings. The van der Waals surface area contributed by atoms with E-state index in [4.69, 9.17) is 2.81 Å². The van der Waals surface area contributed by atoms with Crippen molar-refractivity contribution >= 4 is 0 Å². The van der Waals surface area contributed by atoms with Gasteiger partial charge in [-0.3, -0.25) is 0 Å². The van der Waals surface area contributed by atoms with Crippen molar-refractivity contribution in [2.24, 2.45) is 0 Å². The molecule has 0 aromatic carbocycles. The van der Waals surface area contributed by atoms with E-state index in [-0.39, 0.29) is 0 Å². The van der Waals surface area contributed by atoms with Crippen LogP contribution in [0.15, 0.2) is 0 Å². The minimum absolute atomic E-state index is 0.300. The first-order valence-corrected chi connectivity index (χ1v) is 8.71. The van der Waals surface area contributed by atoms with Crippen LogP contribution in [-0.4, -0.2) is 0 Å². The van der Waals surface area contributed by atoms with Crippen molar-refractivity contribution in [3.8, 4) is 0 Å². The zero-order chi connectivity index (χ0) is 17.8. The molecule has 0 bridgehead atoms. The molecule has 2 fully saturated rings. The van der Waals surface area contributed by atoms with Crippen LogP contribution in [0.3, 0.4) is 0 Å². The van der Waals surface area contributed by atoms with Crippen molar-refractivity contribution in [1.29, 1.82) is 0 Å². The topological polar surface area (TPSA) is 17.1 Å². The van der Waals surface area contributed by atoms with Crippen molar-refractivity contribution in [2.45, 2.75) is 69.2 Å². The van der Waals surface area contributed by atoms with Gasteiger partial charge in [0.25, 0.3) is 0 Å². The maximum absolute atomic E-state index is 8.34. The predicted octanol–water partition coefficient (Wildman–Crippen LogP) is 5.82. The SMILES string of the molecule is C[C]1[C](C)[C](C)[C](C)[C]1C.C[C]1[C](C)[C](C)[C](C)[C]1C.[O]=[Zr]. The molecule has 2 rings (SSSR count). The molecule has 0 spiro atoms. The van der Waals surface area contributed by atoms with Gasteiger partial charge in [0.2, 0.25) is 0 Å². The Hall–Kier alpha value is 0.683. The first-order chi connectivity index (χ1) is 10.1. The first-order valence-electron chi connectivity index (χ1n) is 7.70. The van der Waals surface area contributed by atoms with E-state index in [2.05, 4.69) is 69.2 Å². The molecule has 0 heterocycles. The third kappa shape index (κ3) is 4.84. The number of hydrogen-bond donors (Lipinski definition) is 0. The van der Waals surface area contributed by atoms with E-state index in [0.717, 1.165) is 0 Å². The third-order valence-electron chi connectivity index (χ3n) is 5.62. The summed E-state index contributed by atoms with van der Waals surface area (Å²) in [5, 5.41) is 0. The van der Waals surface area contributed by atoms with Crippen LogP contribution in [0.2, 0.25) is 0 Å². The summed E-state index contributed by atoms with van der Waals surface area (Å²) in [6, 6.07) is 0. The van der Waals surface area contributed by atoms with Crippen molar-refractivity contribution in [3.63, 3.8) is 0 Å².